The standard InChI is InChI=1S/C14H28N2O3/c1-11(10-19-3)16(8-9-18-2)14(17)12-6-4-5-7-13(12)15/h11-13H,4-10,15H2,1-3H3. The van der Waals surface area contributed by atoms with Crippen LogP contribution in [0.3, 0.4) is 0 Å². The van der Waals surface area contributed by atoms with E-state index in [9.17, 15) is 4.79 Å². The predicted molar refractivity (Wildman–Crippen MR) is 74.9 cm³/mol. The Balaban J connectivity index is 2.68. The van der Waals surface area contributed by atoms with E-state index in [1.54, 1.807) is 14.2 Å². The molecule has 0 aliphatic heterocycles. The lowest BCUT2D eigenvalue weighted by molar-refractivity contribution is -0.141. The lowest BCUT2D eigenvalue weighted by Gasteiger charge is -2.35. The van der Waals surface area contributed by atoms with Gasteiger partial charge in [-0.3, -0.25) is 4.79 Å². The van der Waals surface area contributed by atoms with E-state index < -0.39 is 0 Å². The van der Waals surface area contributed by atoms with Gasteiger partial charge in [0.25, 0.3) is 0 Å². The monoisotopic (exact) mass is 272 g/mol. The van der Waals surface area contributed by atoms with Gasteiger partial charge in [-0.2, -0.15) is 0 Å². The molecule has 1 saturated carbocycles. The zero-order valence-corrected chi connectivity index (χ0v) is 12.4. The normalized spacial score (nSPS) is 25.1. The lowest BCUT2D eigenvalue weighted by Crippen LogP contribution is -2.50. The number of carbonyl (C=O) groups excluding carboxylic acids is 1. The number of amides is 1. The third-order valence-corrected chi connectivity index (χ3v) is 3.90. The van der Waals surface area contributed by atoms with Gasteiger partial charge in [0.15, 0.2) is 0 Å². The molecule has 0 aromatic rings. The van der Waals surface area contributed by atoms with E-state index in [0.29, 0.717) is 19.8 Å². The minimum absolute atomic E-state index is 0.000963. The van der Waals surface area contributed by atoms with Crippen molar-refractivity contribution in [2.75, 3.05) is 34.0 Å². The topological polar surface area (TPSA) is 64.8 Å². The van der Waals surface area contributed by atoms with Crippen molar-refractivity contribution < 1.29 is 14.3 Å². The number of nitrogens with two attached hydrogens (primary N) is 1. The quantitative estimate of drug-likeness (QED) is 0.751. The number of carbonyl (C=O) groups is 1. The molecule has 1 rings (SSSR count). The second-order valence-electron chi connectivity index (χ2n) is 5.38. The maximum absolute atomic E-state index is 12.7. The molecule has 1 aliphatic carbocycles. The second-order valence-corrected chi connectivity index (χ2v) is 5.38. The average molecular weight is 272 g/mol. The van der Waals surface area contributed by atoms with E-state index in [4.69, 9.17) is 15.2 Å². The second kappa shape index (κ2) is 8.51. The van der Waals surface area contributed by atoms with Gasteiger partial charge < -0.3 is 20.1 Å². The van der Waals surface area contributed by atoms with Crippen LogP contribution in [0.2, 0.25) is 0 Å². The maximum atomic E-state index is 12.7. The molecule has 0 bridgehead atoms. The highest BCUT2D eigenvalue weighted by atomic mass is 16.5. The van der Waals surface area contributed by atoms with E-state index >= 15 is 0 Å². The molecule has 1 amide bonds. The van der Waals surface area contributed by atoms with Gasteiger partial charge in [-0.25, -0.2) is 0 Å². The van der Waals surface area contributed by atoms with Crippen molar-refractivity contribution in [2.24, 2.45) is 11.7 Å². The highest BCUT2D eigenvalue weighted by molar-refractivity contribution is 5.80. The number of methoxy groups -OCH3 is 2. The van der Waals surface area contributed by atoms with Gasteiger partial charge in [-0.15, -0.1) is 0 Å². The van der Waals surface area contributed by atoms with E-state index in [1.807, 2.05) is 11.8 Å². The van der Waals surface area contributed by atoms with Crippen LogP contribution in [0.1, 0.15) is 32.6 Å². The van der Waals surface area contributed by atoms with Crippen molar-refractivity contribution in [3.63, 3.8) is 0 Å². The van der Waals surface area contributed by atoms with Gasteiger partial charge in [0.2, 0.25) is 5.91 Å². The van der Waals surface area contributed by atoms with E-state index in [1.165, 1.54) is 0 Å². The van der Waals surface area contributed by atoms with Crippen molar-refractivity contribution >= 4 is 5.91 Å². The van der Waals surface area contributed by atoms with Crippen molar-refractivity contribution in [3.8, 4) is 0 Å². The first-order valence-corrected chi connectivity index (χ1v) is 7.15. The molecule has 0 aromatic carbocycles. The molecule has 1 fully saturated rings. The van der Waals surface area contributed by atoms with Crippen molar-refractivity contribution in [1.82, 2.24) is 4.90 Å². The smallest absolute Gasteiger partial charge is 0.227 e. The summed E-state index contributed by atoms with van der Waals surface area (Å²) in [4.78, 5) is 14.5. The zero-order valence-electron chi connectivity index (χ0n) is 12.4. The molecule has 0 radical (unpaired) electrons. The van der Waals surface area contributed by atoms with Gasteiger partial charge in [-0.1, -0.05) is 12.8 Å². The molecule has 3 atom stereocenters. The molecular formula is C14H28N2O3. The summed E-state index contributed by atoms with van der Waals surface area (Å²) in [5, 5.41) is 0. The Morgan fingerprint density at radius 2 is 2.00 bits per heavy atom. The Kier molecular flexibility index (Phi) is 7.34. The first kappa shape index (κ1) is 16.4. The summed E-state index contributed by atoms with van der Waals surface area (Å²) in [5.41, 5.74) is 6.11. The van der Waals surface area contributed by atoms with Gasteiger partial charge in [0.1, 0.15) is 0 Å². The SMILES string of the molecule is COCCN(C(=O)C1CCCCC1N)C(C)COC. The number of ether oxygens (including phenoxy) is 2. The summed E-state index contributed by atoms with van der Waals surface area (Å²) in [5.74, 6) is 0.124. The molecule has 0 aromatic heterocycles. The van der Waals surface area contributed by atoms with Crippen molar-refractivity contribution in [2.45, 2.75) is 44.7 Å². The zero-order chi connectivity index (χ0) is 14.3. The van der Waals surface area contributed by atoms with Crippen LogP contribution in [-0.4, -0.2) is 56.9 Å². The van der Waals surface area contributed by atoms with Crippen molar-refractivity contribution in [1.29, 1.82) is 0 Å². The molecule has 112 valence electrons. The highest BCUT2D eigenvalue weighted by Crippen LogP contribution is 2.25. The Hall–Kier alpha value is -0.650. The van der Waals surface area contributed by atoms with Crippen LogP contribution in [0.4, 0.5) is 0 Å². The van der Waals surface area contributed by atoms with E-state index in [2.05, 4.69) is 0 Å². The first-order chi connectivity index (χ1) is 9.11. The molecule has 2 N–H and O–H groups in total. The van der Waals surface area contributed by atoms with Gasteiger partial charge in [0, 0.05) is 26.8 Å². The molecule has 5 nitrogen and oxygen atoms in total. The fourth-order valence-electron chi connectivity index (χ4n) is 2.75. The van der Waals surface area contributed by atoms with Crippen LogP contribution in [-0.2, 0) is 14.3 Å². The predicted octanol–water partition coefficient (Wildman–Crippen LogP) is 1.01. The summed E-state index contributed by atoms with van der Waals surface area (Å²) in [6, 6.07) is 0.0582. The minimum Gasteiger partial charge on any atom is -0.383 e. The van der Waals surface area contributed by atoms with Crippen LogP contribution in [0.5, 0.6) is 0 Å². The summed E-state index contributed by atoms with van der Waals surface area (Å²) >= 11 is 0. The Morgan fingerprint density at radius 3 is 2.58 bits per heavy atom. The first-order valence-electron chi connectivity index (χ1n) is 7.15. The van der Waals surface area contributed by atoms with Crippen LogP contribution in [0.25, 0.3) is 0 Å². The third-order valence-electron chi connectivity index (χ3n) is 3.90. The minimum atomic E-state index is -0.0371. The van der Waals surface area contributed by atoms with E-state index in [0.717, 1.165) is 25.7 Å². The molecular weight excluding hydrogens is 244 g/mol. The van der Waals surface area contributed by atoms with Crippen molar-refractivity contribution in [3.05, 3.63) is 0 Å². The number of hydrogen-bond acceptors (Lipinski definition) is 4. The fourth-order valence-corrected chi connectivity index (χ4v) is 2.75. The average Bonchev–Trinajstić information content (AvgIpc) is 2.39. The Labute approximate surface area is 116 Å². The summed E-state index contributed by atoms with van der Waals surface area (Å²) in [7, 11) is 3.30. The molecule has 1 aliphatic rings. The Morgan fingerprint density at radius 1 is 1.32 bits per heavy atom. The Bertz CT molecular complexity index is 273. The molecule has 0 saturated heterocycles. The van der Waals surface area contributed by atoms with Crippen LogP contribution in [0.15, 0.2) is 0 Å². The van der Waals surface area contributed by atoms with Crippen LogP contribution < -0.4 is 5.73 Å². The van der Waals surface area contributed by atoms with Gasteiger partial charge in [0.05, 0.1) is 25.2 Å². The van der Waals surface area contributed by atoms with Gasteiger partial charge in [-0.05, 0) is 19.8 Å². The maximum Gasteiger partial charge on any atom is 0.227 e. The molecule has 5 heteroatoms. The highest BCUT2D eigenvalue weighted by Gasteiger charge is 2.33. The third kappa shape index (κ3) is 4.75. The largest absolute Gasteiger partial charge is 0.383 e. The molecule has 0 heterocycles. The summed E-state index contributed by atoms with van der Waals surface area (Å²) in [6.45, 7) is 3.69. The van der Waals surface area contributed by atoms with Crippen LogP contribution >= 0.6 is 0 Å². The fraction of sp³-hybridized carbons (Fsp3) is 0.929. The molecule has 0 spiro atoms. The lowest BCUT2D eigenvalue weighted by atomic mass is 9.84. The summed E-state index contributed by atoms with van der Waals surface area (Å²) in [6.07, 6.45) is 4.09. The van der Waals surface area contributed by atoms with Crippen LogP contribution in [0, 0.1) is 5.92 Å². The summed E-state index contributed by atoms with van der Waals surface area (Å²) < 4.78 is 10.3. The van der Waals surface area contributed by atoms with Gasteiger partial charge >= 0.3 is 0 Å². The number of hydrogen-bond donors (Lipinski definition) is 1. The van der Waals surface area contributed by atoms with E-state index in [-0.39, 0.29) is 23.9 Å². The number of rotatable bonds is 7. The molecule has 3 unspecified atom stereocenters. The molecule has 19 heavy (non-hydrogen) atoms. The number of nitrogens with zero attached hydrogens (tertiary/aromatic N) is 1.